The van der Waals surface area contributed by atoms with Gasteiger partial charge in [0.25, 0.3) is 0 Å². The van der Waals surface area contributed by atoms with Gasteiger partial charge in [-0.25, -0.2) is 0 Å². The molecule has 1 aliphatic rings. The highest BCUT2D eigenvalue weighted by Crippen LogP contribution is 2.23. The molecule has 12 heavy (non-hydrogen) atoms. The summed E-state index contributed by atoms with van der Waals surface area (Å²) in [6.07, 6.45) is 4.92. The van der Waals surface area contributed by atoms with Crippen molar-refractivity contribution in [3.05, 3.63) is 11.6 Å². The van der Waals surface area contributed by atoms with Crippen molar-refractivity contribution in [1.82, 2.24) is 4.90 Å². The monoisotopic (exact) mass is 169 g/mol. The van der Waals surface area contributed by atoms with E-state index in [1.54, 1.807) is 0 Å². The van der Waals surface area contributed by atoms with Crippen LogP contribution in [-0.4, -0.2) is 36.8 Å². The quantitative estimate of drug-likeness (QED) is 0.641. The average molecular weight is 169 g/mol. The van der Waals surface area contributed by atoms with Gasteiger partial charge in [-0.2, -0.15) is 0 Å². The first kappa shape index (κ1) is 9.75. The highest BCUT2D eigenvalue weighted by Gasteiger charge is 2.14. The third kappa shape index (κ3) is 2.95. The van der Waals surface area contributed by atoms with E-state index < -0.39 is 0 Å². The van der Waals surface area contributed by atoms with E-state index >= 15 is 0 Å². The number of aliphatic hydroxyl groups is 1. The molecule has 0 aromatic heterocycles. The Morgan fingerprint density at radius 1 is 1.67 bits per heavy atom. The molecule has 1 unspecified atom stereocenters. The van der Waals surface area contributed by atoms with Gasteiger partial charge < -0.3 is 10.0 Å². The number of hydrogen-bond acceptors (Lipinski definition) is 2. The summed E-state index contributed by atoms with van der Waals surface area (Å²) < 4.78 is 0. The summed E-state index contributed by atoms with van der Waals surface area (Å²) in [6, 6.07) is 0. The lowest BCUT2D eigenvalue weighted by Crippen LogP contribution is -2.26. The summed E-state index contributed by atoms with van der Waals surface area (Å²) in [5.41, 5.74) is 1.53. The Balaban J connectivity index is 2.23. The Morgan fingerprint density at radius 3 is 2.92 bits per heavy atom. The molecule has 70 valence electrons. The van der Waals surface area contributed by atoms with Gasteiger partial charge in [-0.3, -0.25) is 0 Å². The van der Waals surface area contributed by atoms with Crippen LogP contribution in [0.25, 0.3) is 0 Å². The second kappa shape index (κ2) is 4.63. The Kier molecular flexibility index (Phi) is 3.76. The zero-order valence-electron chi connectivity index (χ0n) is 8.08. The van der Waals surface area contributed by atoms with Crippen molar-refractivity contribution in [3.63, 3.8) is 0 Å². The molecule has 2 heteroatoms. The van der Waals surface area contributed by atoms with Crippen LogP contribution in [0.15, 0.2) is 11.6 Å². The van der Waals surface area contributed by atoms with E-state index in [4.69, 9.17) is 5.11 Å². The Bertz CT molecular complexity index is 165. The molecule has 0 spiro atoms. The second-order valence-electron chi connectivity index (χ2n) is 3.80. The van der Waals surface area contributed by atoms with Gasteiger partial charge in [-0.05, 0) is 32.7 Å². The zero-order valence-corrected chi connectivity index (χ0v) is 8.08. The van der Waals surface area contributed by atoms with Crippen molar-refractivity contribution in [3.8, 4) is 0 Å². The predicted octanol–water partition coefficient (Wildman–Crippen LogP) is 1.27. The van der Waals surface area contributed by atoms with Crippen LogP contribution in [0.5, 0.6) is 0 Å². The highest BCUT2D eigenvalue weighted by atomic mass is 16.3. The fourth-order valence-corrected chi connectivity index (χ4v) is 1.79. The molecule has 0 amide bonds. The lowest BCUT2D eigenvalue weighted by Gasteiger charge is -2.18. The Labute approximate surface area is 74.9 Å². The molecule has 0 bridgehead atoms. The number of hydrogen-bond donors (Lipinski definition) is 1. The smallest absolute Gasteiger partial charge is 0.0558 e. The van der Waals surface area contributed by atoms with E-state index in [0.29, 0.717) is 0 Å². The summed E-state index contributed by atoms with van der Waals surface area (Å²) >= 11 is 0. The molecule has 2 nitrogen and oxygen atoms in total. The van der Waals surface area contributed by atoms with Crippen LogP contribution >= 0.6 is 0 Å². The second-order valence-corrected chi connectivity index (χ2v) is 3.80. The standard InChI is InChI=1S/C10H19NO/c1-9-3-4-10(7-9)8-11(2)5-6-12/h7,10,12H,3-6,8H2,1-2H3. The van der Waals surface area contributed by atoms with Crippen molar-refractivity contribution in [2.45, 2.75) is 19.8 Å². The van der Waals surface area contributed by atoms with Crippen LogP contribution in [0.4, 0.5) is 0 Å². The van der Waals surface area contributed by atoms with Gasteiger partial charge in [0.2, 0.25) is 0 Å². The molecule has 0 aromatic rings. The number of nitrogens with zero attached hydrogens (tertiary/aromatic N) is 1. The Hall–Kier alpha value is -0.340. The molecule has 0 radical (unpaired) electrons. The summed E-state index contributed by atoms with van der Waals surface area (Å²) in [7, 11) is 2.07. The molecule has 1 N–H and O–H groups in total. The third-order valence-corrected chi connectivity index (χ3v) is 2.46. The van der Waals surface area contributed by atoms with Gasteiger partial charge in [0, 0.05) is 13.1 Å². The first-order valence-electron chi connectivity index (χ1n) is 4.69. The maximum atomic E-state index is 8.71. The summed E-state index contributed by atoms with van der Waals surface area (Å²) in [4.78, 5) is 2.19. The minimum atomic E-state index is 0.270. The molecule has 0 saturated heterocycles. The topological polar surface area (TPSA) is 23.5 Å². The molecule has 1 aliphatic carbocycles. The average Bonchev–Trinajstić information content (AvgIpc) is 2.36. The SMILES string of the molecule is CC1=CC(CN(C)CCO)CC1. The van der Waals surface area contributed by atoms with Crippen LogP contribution in [0.3, 0.4) is 0 Å². The summed E-state index contributed by atoms with van der Waals surface area (Å²) in [5, 5.41) is 8.71. The van der Waals surface area contributed by atoms with Gasteiger partial charge in [-0.1, -0.05) is 11.6 Å². The third-order valence-electron chi connectivity index (χ3n) is 2.46. The van der Waals surface area contributed by atoms with E-state index in [1.165, 1.54) is 18.4 Å². The van der Waals surface area contributed by atoms with Crippen molar-refractivity contribution in [2.24, 2.45) is 5.92 Å². The molecule has 0 aliphatic heterocycles. The highest BCUT2D eigenvalue weighted by molar-refractivity contribution is 5.08. The van der Waals surface area contributed by atoms with Gasteiger partial charge in [0.15, 0.2) is 0 Å². The molecular weight excluding hydrogens is 150 g/mol. The zero-order chi connectivity index (χ0) is 8.97. The maximum absolute atomic E-state index is 8.71. The van der Waals surface area contributed by atoms with Gasteiger partial charge >= 0.3 is 0 Å². The fraction of sp³-hybridized carbons (Fsp3) is 0.800. The lowest BCUT2D eigenvalue weighted by molar-refractivity contribution is 0.210. The van der Waals surface area contributed by atoms with Gasteiger partial charge in [0.05, 0.1) is 6.61 Å². The fourth-order valence-electron chi connectivity index (χ4n) is 1.79. The lowest BCUT2D eigenvalue weighted by atomic mass is 10.1. The minimum Gasteiger partial charge on any atom is -0.395 e. The Morgan fingerprint density at radius 2 is 2.42 bits per heavy atom. The maximum Gasteiger partial charge on any atom is 0.0558 e. The molecule has 0 saturated carbocycles. The van der Waals surface area contributed by atoms with Crippen LogP contribution < -0.4 is 0 Å². The number of rotatable bonds is 4. The molecule has 1 rings (SSSR count). The first-order chi connectivity index (χ1) is 5.72. The van der Waals surface area contributed by atoms with E-state index in [9.17, 15) is 0 Å². The number of allylic oxidation sites excluding steroid dienone is 1. The first-order valence-corrected chi connectivity index (χ1v) is 4.69. The van der Waals surface area contributed by atoms with Crippen molar-refractivity contribution in [2.75, 3.05) is 26.7 Å². The molecular formula is C10H19NO. The van der Waals surface area contributed by atoms with E-state index in [1.807, 2.05) is 0 Å². The predicted molar refractivity (Wildman–Crippen MR) is 51.1 cm³/mol. The number of likely N-dealkylation sites (N-methyl/N-ethyl adjacent to an activating group) is 1. The largest absolute Gasteiger partial charge is 0.395 e. The molecule has 0 aromatic carbocycles. The minimum absolute atomic E-state index is 0.270. The van der Waals surface area contributed by atoms with Gasteiger partial charge in [-0.15, -0.1) is 0 Å². The summed E-state index contributed by atoms with van der Waals surface area (Å²) in [6.45, 7) is 4.36. The van der Waals surface area contributed by atoms with Crippen LogP contribution in [0.2, 0.25) is 0 Å². The van der Waals surface area contributed by atoms with E-state index in [0.717, 1.165) is 19.0 Å². The summed E-state index contributed by atoms with van der Waals surface area (Å²) in [5.74, 6) is 0.724. The van der Waals surface area contributed by atoms with Crippen LogP contribution in [0, 0.1) is 5.92 Å². The number of aliphatic hydroxyl groups excluding tert-OH is 1. The molecule has 0 heterocycles. The van der Waals surface area contributed by atoms with E-state index in [-0.39, 0.29) is 6.61 Å². The van der Waals surface area contributed by atoms with Gasteiger partial charge in [0.1, 0.15) is 0 Å². The normalized spacial score (nSPS) is 23.3. The molecule has 0 fully saturated rings. The van der Waals surface area contributed by atoms with E-state index in [2.05, 4.69) is 24.9 Å². The van der Waals surface area contributed by atoms with Crippen molar-refractivity contribution in [1.29, 1.82) is 0 Å². The molecule has 1 atom stereocenters. The van der Waals surface area contributed by atoms with Crippen molar-refractivity contribution >= 4 is 0 Å². The van der Waals surface area contributed by atoms with Crippen LogP contribution in [-0.2, 0) is 0 Å². The van der Waals surface area contributed by atoms with Crippen molar-refractivity contribution < 1.29 is 5.11 Å². The van der Waals surface area contributed by atoms with Crippen LogP contribution in [0.1, 0.15) is 19.8 Å².